The highest BCUT2D eigenvalue weighted by Gasteiger charge is 2.20. The number of aryl methyl sites for hydroxylation is 2. The van der Waals surface area contributed by atoms with Gasteiger partial charge in [-0.2, -0.15) is 0 Å². The van der Waals surface area contributed by atoms with Crippen molar-refractivity contribution < 1.29 is 0 Å². The molecule has 0 aromatic heterocycles. The molecule has 1 nitrogen and oxygen atoms in total. The second-order valence-electron chi connectivity index (χ2n) is 4.25. The van der Waals surface area contributed by atoms with Gasteiger partial charge in [0.1, 0.15) is 0 Å². The van der Waals surface area contributed by atoms with Crippen LogP contribution in [0.1, 0.15) is 42.5 Å². The van der Waals surface area contributed by atoms with Crippen molar-refractivity contribution in [1.82, 2.24) is 5.32 Å². The number of benzene rings is 1. The van der Waals surface area contributed by atoms with Crippen molar-refractivity contribution in [3.05, 3.63) is 34.9 Å². The summed E-state index contributed by atoms with van der Waals surface area (Å²) in [5.74, 6) is 0. The highest BCUT2D eigenvalue weighted by Crippen LogP contribution is 2.31. The maximum atomic E-state index is 3.61. The van der Waals surface area contributed by atoms with Gasteiger partial charge in [-0.1, -0.05) is 30.7 Å². The summed E-state index contributed by atoms with van der Waals surface area (Å²) in [4.78, 5) is 0. The maximum Gasteiger partial charge on any atom is 0.0326 e. The first-order valence-corrected chi connectivity index (χ1v) is 5.64. The Morgan fingerprint density at radius 1 is 1.43 bits per heavy atom. The lowest BCUT2D eigenvalue weighted by Crippen LogP contribution is -2.19. The van der Waals surface area contributed by atoms with Gasteiger partial charge >= 0.3 is 0 Å². The molecule has 1 aliphatic rings. The molecule has 0 heterocycles. The average Bonchev–Trinajstić information content (AvgIpc) is 2.57. The molecule has 1 aliphatic carbocycles. The van der Waals surface area contributed by atoms with Crippen LogP contribution in [0, 0.1) is 6.92 Å². The van der Waals surface area contributed by atoms with Gasteiger partial charge in [0.25, 0.3) is 0 Å². The van der Waals surface area contributed by atoms with Crippen LogP contribution in [0.4, 0.5) is 0 Å². The molecule has 1 atom stereocenters. The van der Waals surface area contributed by atoms with Crippen LogP contribution in [0.5, 0.6) is 0 Å². The number of fused-ring (bicyclic) bond motifs is 1. The quantitative estimate of drug-likeness (QED) is 0.770. The van der Waals surface area contributed by atoms with Gasteiger partial charge in [-0.3, -0.25) is 0 Å². The van der Waals surface area contributed by atoms with Crippen LogP contribution in [0.2, 0.25) is 0 Å². The Bertz CT molecular complexity index is 317. The van der Waals surface area contributed by atoms with Crippen LogP contribution in [0.15, 0.2) is 18.2 Å². The molecule has 0 spiro atoms. The van der Waals surface area contributed by atoms with Gasteiger partial charge in [-0.05, 0) is 43.9 Å². The van der Waals surface area contributed by atoms with Crippen LogP contribution < -0.4 is 5.32 Å². The molecule has 1 N–H and O–H groups in total. The molecular weight excluding hydrogens is 170 g/mol. The first kappa shape index (κ1) is 9.72. The molecule has 2 rings (SSSR count). The molecule has 0 bridgehead atoms. The van der Waals surface area contributed by atoms with E-state index in [2.05, 4.69) is 37.4 Å². The lowest BCUT2D eigenvalue weighted by molar-refractivity contribution is 0.529. The van der Waals surface area contributed by atoms with Gasteiger partial charge in [0.15, 0.2) is 0 Å². The van der Waals surface area contributed by atoms with Gasteiger partial charge in [-0.25, -0.2) is 0 Å². The zero-order valence-electron chi connectivity index (χ0n) is 9.14. The van der Waals surface area contributed by atoms with Crippen molar-refractivity contribution in [1.29, 1.82) is 0 Å². The van der Waals surface area contributed by atoms with Crippen molar-refractivity contribution in [3.8, 4) is 0 Å². The minimum atomic E-state index is 0.616. The van der Waals surface area contributed by atoms with Crippen LogP contribution in [0.25, 0.3) is 0 Å². The fourth-order valence-corrected chi connectivity index (χ4v) is 2.28. The Balaban J connectivity index is 2.14. The van der Waals surface area contributed by atoms with Crippen LogP contribution in [-0.2, 0) is 6.42 Å². The summed E-state index contributed by atoms with van der Waals surface area (Å²) in [6, 6.07) is 7.48. The predicted molar refractivity (Wildman–Crippen MR) is 60.5 cm³/mol. The molecule has 76 valence electrons. The van der Waals surface area contributed by atoms with E-state index in [0.29, 0.717) is 6.04 Å². The monoisotopic (exact) mass is 189 g/mol. The molecule has 1 unspecified atom stereocenters. The van der Waals surface area contributed by atoms with E-state index in [4.69, 9.17) is 0 Å². The lowest BCUT2D eigenvalue weighted by Gasteiger charge is -2.13. The molecule has 0 fully saturated rings. The zero-order chi connectivity index (χ0) is 9.97. The number of hydrogen-bond donors (Lipinski definition) is 1. The van der Waals surface area contributed by atoms with E-state index in [1.165, 1.54) is 30.4 Å². The third-order valence-corrected chi connectivity index (χ3v) is 3.02. The zero-order valence-corrected chi connectivity index (χ0v) is 9.14. The normalized spacial score (nSPS) is 19.7. The van der Waals surface area contributed by atoms with Gasteiger partial charge in [0, 0.05) is 6.04 Å². The summed E-state index contributed by atoms with van der Waals surface area (Å²) in [5.41, 5.74) is 4.47. The summed E-state index contributed by atoms with van der Waals surface area (Å²) in [6.45, 7) is 5.53. The van der Waals surface area contributed by atoms with Crippen molar-refractivity contribution in [3.63, 3.8) is 0 Å². The Kier molecular flexibility index (Phi) is 2.87. The standard InChI is InChI=1S/C13H19N/c1-3-8-14-13-7-5-11-9-10(2)4-6-12(11)13/h4,6,9,13-14H,3,5,7-8H2,1-2H3. The lowest BCUT2D eigenvalue weighted by atomic mass is 10.1. The fraction of sp³-hybridized carbons (Fsp3) is 0.538. The van der Waals surface area contributed by atoms with Gasteiger partial charge < -0.3 is 5.32 Å². The molecule has 0 radical (unpaired) electrons. The molecule has 0 aliphatic heterocycles. The van der Waals surface area contributed by atoms with Crippen molar-refractivity contribution >= 4 is 0 Å². The first-order chi connectivity index (χ1) is 6.81. The summed E-state index contributed by atoms with van der Waals surface area (Å²) in [5, 5.41) is 3.61. The summed E-state index contributed by atoms with van der Waals surface area (Å²) >= 11 is 0. The maximum absolute atomic E-state index is 3.61. The van der Waals surface area contributed by atoms with E-state index in [1.54, 1.807) is 5.56 Å². The van der Waals surface area contributed by atoms with Crippen LogP contribution in [0.3, 0.4) is 0 Å². The van der Waals surface area contributed by atoms with E-state index in [9.17, 15) is 0 Å². The Morgan fingerprint density at radius 3 is 3.07 bits per heavy atom. The molecule has 0 amide bonds. The van der Waals surface area contributed by atoms with Crippen molar-refractivity contribution in [2.24, 2.45) is 0 Å². The predicted octanol–water partition coefficient (Wildman–Crippen LogP) is 2.98. The Morgan fingerprint density at radius 2 is 2.29 bits per heavy atom. The second-order valence-corrected chi connectivity index (χ2v) is 4.25. The highest BCUT2D eigenvalue weighted by molar-refractivity contribution is 5.37. The van der Waals surface area contributed by atoms with E-state index in [-0.39, 0.29) is 0 Å². The largest absolute Gasteiger partial charge is 0.310 e. The summed E-state index contributed by atoms with van der Waals surface area (Å²) < 4.78 is 0. The smallest absolute Gasteiger partial charge is 0.0326 e. The molecule has 0 saturated heterocycles. The number of hydrogen-bond acceptors (Lipinski definition) is 1. The SMILES string of the molecule is CCCNC1CCc2cc(C)ccc21. The van der Waals surface area contributed by atoms with Crippen molar-refractivity contribution in [2.75, 3.05) is 6.54 Å². The highest BCUT2D eigenvalue weighted by atomic mass is 14.9. The van der Waals surface area contributed by atoms with Gasteiger partial charge in [0.05, 0.1) is 0 Å². The molecular formula is C13H19N. The van der Waals surface area contributed by atoms with E-state index in [0.717, 1.165) is 6.54 Å². The Labute approximate surface area is 86.5 Å². The second kappa shape index (κ2) is 4.14. The molecule has 1 aromatic carbocycles. The molecule has 0 saturated carbocycles. The van der Waals surface area contributed by atoms with Gasteiger partial charge in [-0.15, -0.1) is 0 Å². The molecule has 1 aromatic rings. The molecule has 14 heavy (non-hydrogen) atoms. The average molecular weight is 189 g/mol. The number of nitrogens with one attached hydrogen (secondary N) is 1. The summed E-state index contributed by atoms with van der Waals surface area (Å²) in [6.07, 6.45) is 3.74. The van der Waals surface area contributed by atoms with E-state index in [1.807, 2.05) is 0 Å². The summed E-state index contributed by atoms with van der Waals surface area (Å²) in [7, 11) is 0. The third kappa shape index (κ3) is 1.83. The minimum absolute atomic E-state index is 0.616. The van der Waals surface area contributed by atoms with E-state index < -0.39 is 0 Å². The fourth-order valence-electron chi connectivity index (χ4n) is 2.28. The first-order valence-electron chi connectivity index (χ1n) is 5.64. The van der Waals surface area contributed by atoms with Crippen molar-refractivity contribution in [2.45, 2.75) is 39.2 Å². The minimum Gasteiger partial charge on any atom is -0.310 e. The topological polar surface area (TPSA) is 12.0 Å². The third-order valence-electron chi connectivity index (χ3n) is 3.02. The molecule has 1 heteroatoms. The number of rotatable bonds is 3. The van der Waals surface area contributed by atoms with Crippen LogP contribution in [-0.4, -0.2) is 6.54 Å². The Hall–Kier alpha value is -0.820. The van der Waals surface area contributed by atoms with E-state index >= 15 is 0 Å². The van der Waals surface area contributed by atoms with Crippen LogP contribution >= 0.6 is 0 Å². The van der Waals surface area contributed by atoms with Gasteiger partial charge in [0.2, 0.25) is 0 Å².